The molecule has 1 aliphatic rings. The number of imidazole rings is 1. The van der Waals surface area contributed by atoms with Gasteiger partial charge in [0, 0.05) is 18.2 Å². The van der Waals surface area contributed by atoms with Gasteiger partial charge in [-0.15, -0.1) is 0 Å². The van der Waals surface area contributed by atoms with Crippen LogP contribution in [-0.2, 0) is 16.4 Å². The van der Waals surface area contributed by atoms with Crippen molar-refractivity contribution in [1.82, 2.24) is 9.55 Å². The Kier molecular flexibility index (Phi) is 3.43. The first kappa shape index (κ1) is 14.4. The minimum Gasteiger partial charge on any atom is -0.399 e. The fourth-order valence-electron chi connectivity index (χ4n) is 3.06. The third-order valence-electron chi connectivity index (χ3n) is 4.17. The Morgan fingerprint density at radius 3 is 2.81 bits per heavy atom. The van der Waals surface area contributed by atoms with Crippen LogP contribution in [0.1, 0.15) is 38.4 Å². The fourth-order valence-corrected chi connectivity index (χ4v) is 4.87. The monoisotopic (exact) mass is 307 g/mol. The van der Waals surface area contributed by atoms with Gasteiger partial charge in [-0.1, -0.05) is 13.8 Å². The molecule has 6 heteroatoms. The van der Waals surface area contributed by atoms with Crippen molar-refractivity contribution in [2.75, 3.05) is 11.5 Å². The Morgan fingerprint density at radius 2 is 2.19 bits per heavy atom. The zero-order valence-electron chi connectivity index (χ0n) is 12.4. The largest absolute Gasteiger partial charge is 0.399 e. The summed E-state index contributed by atoms with van der Waals surface area (Å²) in [6, 6.07) is 5.62. The molecule has 1 aliphatic heterocycles. The number of benzene rings is 1. The summed E-state index contributed by atoms with van der Waals surface area (Å²) >= 11 is 0. The standard InChI is InChI=1S/C15H21N3O2S/c1-10(2)15-17-13-8-11(16)5-6-14(13)18(15)9-12-4-3-7-21(12,19)20/h5-6,8,10,12H,3-4,7,9,16H2,1-2H3. The summed E-state index contributed by atoms with van der Waals surface area (Å²) in [6.45, 7) is 4.64. The summed E-state index contributed by atoms with van der Waals surface area (Å²) in [7, 11) is -2.96. The van der Waals surface area contributed by atoms with Crippen molar-refractivity contribution >= 4 is 26.6 Å². The molecule has 1 unspecified atom stereocenters. The van der Waals surface area contributed by atoms with Crippen molar-refractivity contribution in [2.24, 2.45) is 0 Å². The van der Waals surface area contributed by atoms with Crippen LogP contribution in [0, 0.1) is 0 Å². The summed E-state index contributed by atoms with van der Waals surface area (Å²) in [5.74, 6) is 1.48. The van der Waals surface area contributed by atoms with E-state index in [2.05, 4.69) is 23.4 Å². The maximum absolute atomic E-state index is 12.1. The molecule has 1 aromatic heterocycles. The first-order valence-corrected chi connectivity index (χ1v) is 9.07. The summed E-state index contributed by atoms with van der Waals surface area (Å²) in [5.41, 5.74) is 8.31. The molecule has 0 saturated carbocycles. The summed E-state index contributed by atoms with van der Waals surface area (Å²) in [6.07, 6.45) is 1.51. The van der Waals surface area contributed by atoms with E-state index >= 15 is 0 Å². The lowest BCUT2D eigenvalue weighted by Crippen LogP contribution is -2.23. The van der Waals surface area contributed by atoms with Gasteiger partial charge in [0.2, 0.25) is 0 Å². The van der Waals surface area contributed by atoms with Gasteiger partial charge in [-0.2, -0.15) is 0 Å². The first-order chi connectivity index (χ1) is 9.88. The van der Waals surface area contributed by atoms with Crippen LogP contribution in [0.2, 0.25) is 0 Å². The molecule has 114 valence electrons. The van der Waals surface area contributed by atoms with Crippen LogP contribution in [-0.4, -0.2) is 29.0 Å². The maximum atomic E-state index is 12.1. The van der Waals surface area contributed by atoms with Gasteiger partial charge in [-0.25, -0.2) is 13.4 Å². The number of fused-ring (bicyclic) bond motifs is 1. The first-order valence-electron chi connectivity index (χ1n) is 7.35. The molecule has 3 rings (SSSR count). The van der Waals surface area contributed by atoms with Crippen molar-refractivity contribution < 1.29 is 8.42 Å². The van der Waals surface area contributed by atoms with Gasteiger partial charge in [0.15, 0.2) is 9.84 Å². The van der Waals surface area contributed by atoms with Gasteiger partial charge < -0.3 is 10.3 Å². The lowest BCUT2D eigenvalue weighted by atomic mass is 10.2. The molecular weight excluding hydrogens is 286 g/mol. The number of nitrogens with zero attached hydrogens (tertiary/aromatic N) is 2. The van der Waals surface area contributed by atoms with Crippen LogP contribution in [0.15, 0.2) is 18.2 Å². The predicted molar refractivity (Wildman–Crippen MR) is 85.0 cm³/mol. The zero-order chi connectivity index (χ0) is 15.2. The Hall–Kier alpha value is -1.56. The van der Waals surface area contributed by atoms with E-state index in [-0.39, 0.29) is 11.2 Å². The Bertz CT molecular complexity index is 778. The van der Waals surface area contributed by atoms with E-state index < -0.39 is 9.84 Å². The fraction of sp³-hybridized carbons (Fsp3) is 0.533. The topological polar surface area (TPSA) is 78.0 Å². The number of nitrogens with two attached hydrogens (primary N) is 1. The van der Waals surface area contributed by atoms with E-state index in [4.69, 9.17) is 5.73 Å². The molecule has 21 heavy (non-hydrogen) atoms. The Morgan fingerprint density at radius 1 is 1.43 bits per heavy atom. The van der Waals surface area contributed by atoms with Crippen molar-refractivity contribution in [3.63, 3.8) is 0 Å². The molecule has 1 fully saturated rings. The number of hydrogen-bond acceptors (Lipinski definition) is 4. The quantitative estimate of drug-likeness (QED) is 0.883. The lowest BCUT2D eigenvalue weighted by Gasteiger charge is -2.15. The highest BCUT2D eigenvalue weighted by Crippen LogP contribution is 2.28. The number of anilines is 1. The van der Waals surface area contributed by atoms with E-state index in [0.717, 1.165) is 29.7 Å². The molecule has 1 saturated heterocycles. The van der Waals surface area contributed by atoms with Crippen molar-refractivity contribution in [3.05, 3.63) is 24.0 Å². The van der Waals surface area contributed by atoms with Crippen LogP contribution in [0.3, 0.4) is 0 Å². The summed E-state index contributed by atoms with van der Waals surface area (Å²) in [4.78, 5) is 4.65. The van der Waals surface area contributed by atoms with Gasteiger partial charge >= 0.3 is 0 Å². The molecule has 5 nitrogen and oxygen atoms in total. The minimum atomic E-state index is -2.96. The van der Waals surface area contributed by atoms with Crippen LogP contribution in [0.25, 0.3) is 11.0 Å². The van der Waals surface area contributed by atoms with Crippen LogP contribution < -0.4 is 5.73 Å². The number of sulfone groups is 1. The van der Waals surface area contributed by atoms with E-state index in [0.29, 0.717) is 18.0 Å². The van der Waals surface area contributed by atoms with Crippen molar-refractivity contribution in [1.29, 1.82) is 0 Å². The zero-order valence-corrected chi connectivity index (χ0v) is 13.2. The SMILES string of the molecule is CC(C)c1nc2cc(N)ccc2n1CC1CCCS1(=O)=O. The average molecular weight is 307 g/mol. The second-order valence-corrected chi connectivity index (χ2v) is 8.52. The maximum Gasteiger partial charge on any atom is 0.154 e. The normalized spacial score (nSPS) is 21.4. The second-order valence-electron chi connectivity index (χ2n) is 6.11. The highest BCUT2D eigenvalue weighted by atomic mass is 32.2. The van der Waals surface area contributed by atoms with E-state index in [1.165, 1.54) is 0 Å². The molecule has 0 amide bonds. The van der Waals surface area contributed by atoms with E-state index in [1.807, 2.05) is 18.2 Å². The third kappa shape index (κ3) is 2.52. The summed E-state index contributed by atoms with van der Waals surface area (Å²) in [5, 5.41) is -0.287. The van der Waals surface area contributed by atoms with Gasteiger partial charge in [-0.05, 0) is 31.0 Å². The molecule has 1 aromatic carbocycles. The number of rotatable bonds is 3. The smallest absolute Gasteiger partial charge is 0.154 e. The van der Waals surface area contributed by atoms with Crippen LogP contribution in [0.4, 0.5) is 5.69 Å². The Balaban J connectivity index is 2.09. The highest BCUT2D eigenvalue weighted by molar-refractivity contribution is 7.92. The van der Waals surface area contributed by atoms with Gasteiger partial charge in [0.1, 0.15) is 5.82 Å². The second kappa shape index (κ2) is 5.02. The molecule has 2 aromatic rings. The molecule has 0 bridgehead atoms. The van der Waals surface area contributed by atoms with Gasteiger partial charge in [-0.3, -0.25) is 0 Å². The van der Waals surface area contributed by atoms with Crippen molar-refractivity contribution in [3.8, 4) is 0 Å². The molecule has 0 spiro atoms. The summed E-state index contributed by atoms with van der Waals surface area (Å²) < 4.78 is 26.3. The molecular formula is C15H21N3O2S. The van der Waals surface area contributed by atoms with Crippen LogP contribution in [0.5, 0.6) is 0 Å². The molecule has 1 atom stereocenters. The minimum absolute atomic E-state index is 0.239. The number of hydrogen-bond donors (Lipinski definition) is 1. The number of aromatic nitrogens is 2. The molecule has 0 radical (unpaired) electrons. The number of nitrogen functional groups attached to an aromatic ring is 1. The lowest BCUT2D eigenvalue weighted by molar-refractivity contribution is 0.556. The van der Waals surface area contributed by atoms with Gasteiger partial charge in [0.25, 0.3) is 0 Å². The molecule has 2 heterocycles. The third-order valence-corrected chi connectivity index (χ3v) is 6.43. The average Bonchev–Trinajstić information content (AvgIpc) is 2.91. The van der Waals surface area contributed by atoms with Crippen molar-refractivity contribution in [2.45, 2.75) is 44.4 Å². The molecule has 2 N–H and O–H groups in total. The van der Waals surface area contributed by atoms with E-state index in [9.17, 15) is 8.42 Å². The Labute approximate surface area is 125 Å². The van der Waals surface area contributed by atoms with E-state index in [1.54, 1.807) is 0 Å². The predicted octanol–water partition coefficient (Wildman–Crippen LogP) is 2.32. The molecule has 0 aliphatic carbocycles. The van der Waals surface area contributed by atoms with Crippen LogP contribution >= 0.6 is 0 Å². The highest BCUT2D eigenvalue weighted by Gasteiger charge is 2.32. The van der Waals surface area contributed by atoms with Gasteiger partial charge in [0.05, 0.1) is 22.0 Å².